The Morgan fingerprint density at radius 2 is 1.87 bits per heavy atom. The fraction of sp³-hybridized carbons (Fsp3) is 0.233. The van der Waals surface area contributed by atoms with Crippen molar-refractivity contribution in [3.05, 3.63) is 91.7 Å². The Bertz CT molecular complexity index is 1860. The first-order valence-electron chi connectivity index (χ1n) is 12.6. The highest BCUT2D eigenvalue weighted by Gasteiger charge is 2.54. The van der Waals surface area contributed by atoms with Crippen LogP contribution in [0.5, 0.6) is 0 Å². The minimum absolute atomic E-state index is 0.117. The molecule has 5 nitrogen and oxygen atoms in total. The van der Waals surface area contributed by atoms with Crippen LogP contribution in [0.2, 0.25) is 0 Å². The molecule has 3 aliphatic rings. The summed E-state index contributed by atoms with van der Waals surface area (Å²) in [5.41, 5.74) is 5.57. The molecule has 2 aromatic heterocycles. The molecule has 38 heavy (non-hydrogen) atoms. The third kappa shape index (κ3) is 3.57. The van der Waals surface area contributed by atoms with E-state index in [0.29, 0.717) is 57.7 Å². The lowest BCUT2D eigenvalue weighted by atomic mass is 9.86. The van der Waals surface area contributed by atoms with Gasteiger partial charge in [-0.05, 0) is 74.0 Å². The normalized spacial score (nSPS) is 18.2. The first kappa shape index (κ1) is 24.1. The second-order valence-electron chi connectivity index (χ2n) is 10.3. The summed E-state index contributed by atoms with van der Waals surface area (Å²) in [5, 5.41) is 0.674. The van der Waals surface area contributed by atoms with Crippen molar-refractivity contribution in [2.24, 2.45) is 0 Å². The van der Waals surface area contributed by atoms with Gasteiger partial charge in [0, 0.05) is 54.5 Å². The van der Waals surface area contributed by atoms with Gasteiger partial charge in [-0.2, -0.15) is 0 Å². The van der Waals surface area contributed by atoms with Crippen molar-refractivity contribution >= 4 is 41.1 Å². The van der Waals surface area contributed by atoms with Crippen LogP contribution >= 0.6 is 0 Å². The van der Waals surface area contributed by atoms with E-state index in [1.54, 1.807) is 50.3 Å². The Morgan fingerprint density at radius 3 is 2.66 bits per heavy atom. The molecule has 0 saturated heterocycles. The number of halogens is 2. The molecule has 0 N–H and O–H groups in total. The first-order valence-corrected chi connectivity index (χ1v) is 12.6. The predicted molar refractivity (Wildman–Crippen MR) is 145 cm³/mol. The van der Waals surface area contributed by atoms with Gasteiger partial charge in [0.25, 0.3) is 0 Å². The second-order valence-corrected chi connectivity index (χ2v) is 10.3. The van der Waals surface area contributed by atoms with Gasteiger partial charge in [0.15, 0.2) is 5.70 Å². The van der Waals surface area contributed by atoms with Crippen LogP contribution in [0.25, 0.3) is 22.6 Å². The van der Waals surface area contributed by atoms with Crippen molar-refractivity contribution in [3.63, 3.8) is 0 Å². The molecule has 0 saturated carbocycles. The summed E-state index contributed by atoms with van der Waals surface area (Å²) in [7, 11) is 0. The maximum Gasteiger partial charge on any atom is 0.737 e. The van der Waals surface area contributed by atoms with Gasteiger partial charge in [0.05, 0.1) is 11.1 Å². The maximum absolute atomic E-state index is 15.8. The molecule has 0 bridgehead atoms. The fourth-order valence-corrected chi connectivity index (χ4v) is 5.95. The molecule has 0 atom stereocenters. The van der Waals surface area contributed by atoms with Gasteiger partial charge >= 0.3 is 12.6 Å². The number of carbonyl (C=O) groups is 1. The first-order chi connectivity index (χ1) is 18.1. The van der Waals surface area contributed by atoms with Crippen LogP contribution in [-0.4, -0.2) is 27.4 Å². The number of hydrogen-bond acceptors (Lipinski definition) is 3. The molecule has 0 radical (unpaired) electrons. The quantitative estimate of drug-likeness (QED) is 0.258. The van der Waals surface area contributed by atoms with Crippen LogP contribution in [-0.2, 0) is 11.2 Å². The standard InChI is InChI=1S/C30H25BF2N2O3/c1-17-11-19(3)34-28(17)26(29-18(2)12-20(4)35(29)31(34,32)33)10-9-22-13-24-14-23-15-25(36)8-6-5-7-21(23)16-27(24)38-30(22)37/h9-14,16H,6,8,15H2,1-4H3. The van der Waals surface area contributed by atoms with E-state index < -0.39 is 12.6 Å². The van der Waals surface area contributed by atoms with Gasteiger partial charge in [0.2, 0.25) is 0 Å². The number of allylic oxidation sites excluding steroid dienone is 4. The number of aromatic nitrogens is 1. The Hall–Kier alpha value is -4.25. The SMILES string of the molecule is CC1=CC(C)=[N+]2C1=C(C=Cc1cc3cc4c(cc3oc1=O)C#CCCC(=O)C4)c1c(C)cc(C)n1[B-]2(F)F. The van der Waals surface area contributed by atoms with Crippen molar-refractivity contribution in [3.8, 4) is 11.8 Å². The molecule has 1 aliphatic carbocycles. The van der Waals surface area contributed by atoms with Crippen molar-refractivity contribution < 1.29 is 22.3 Å². The molecule has 2 aliphatic heterocycles. The summed E-state index contributed by atoms with van der Waals surface area (Å²) < 4.78 is 39.4. The highest BCUT2D eigenvalue weighted by molar-refractivity contribution is 6.58. The predicted octanol–water partition coefficient (Wildman–Crippen LogP) is 5.56. The van der Waals surface area contributed by atoms with Crippen molar-refractivity contribution in [2.45, 2.75) is 47.0 Å². The van der Waals surface area contributed by atoms with E-state index in [1.807, 2.05) is 19.9 Å². The van der Waals surface area contributed by atoms with Gasteiger partial charge in [-0.3, -0.25) is 4.79 Å². The zero-order chi connectivity index (χ0) is 26.9. The number of fused-ring (bicyclic) bond motifs is 4. The Morgan fingerprint density at radius 1 is 1.08 bits per heavy atom. The monoisotopic (exact) mass is 510 g/mol. The Kier molecular flexibility index (Phi) is 5.32. The minimum Gasteiger partial charge on any atom is -0.422 e. The summed E-state index contributed by atoms with van der Waals surface area (Å²) in [4.78, 5) is 25.2. The van der Waals surface area contributed by atoms with Gasteiger partial charge in [-0.15, -0.1) is 0 Å². The molecule has 4 heterocycles. The third-order valence-corrected chi connectivity index (χ3v) is 7.53. The zero-order valence-corrected chi connectivity index (χ0v) is 21.6. The molecule has 0 unspecified atom stereocenters. The zero-order valence-electron chi connectivity index (χ0n) is 21.6. The van der Waals surface area contributed by atoms with E-state index in [0.717, 1.165) is 25.7 Å². The molecular weight excluding hydrogens is 485 g/mol. The highest BCUT2D eigenvalue weighted by Crippen LogP contribution is 2.42. The van der Waals surface area contributed by atoms with Crippen LogP contribution in [0.1, 0.15) is 60.3 Å². The molecule has 0 spiro atoms. The summed E-state index contributed by atoms with van der Waals surface area (Å²) in [6.07, 6.45) is 6.32. The van der Waals surface area contributed by atoms with E-state index >= 15 is 8.63 Å². The highest BCUT2D eigenvalue weighted by atomic mass is 19.2. The summed E-state index contributed by atoms with van der Waals surface area (Å²) >= 11 is 0. The van der Waals surface area contributed by atoms with E-state index in [2.05, 4.69) is 11.8 Å². The number of carbonyl (C=O) groups excluding carboxylic acids is 1. The summed E-state index contributed by atoms with van der Waals surface area (Å²) in [5.74, 6) is 6.19. The molecule has 1 aromatic carbocycles. The van der Waals surface area contributed by atoms with Gasteiger partial charge in [0.1, 0.15) is 17.1 Å². The molecule has 6 rings (SSSR count). The largest absolute Gasteiger partial charge is 0.737 e. The Balaban J connectivity index is 1.52. The Labute approximate surface area is 218 Å². The average molecular weight is 510 g/mol. The fourth-order valence-electron chi connectivity index (χ4n) is 5.95. The second kappa shape index (κ2) is 8.39. The van der Waals surface area contributed by atoms with Crippen LogP contribution in [0.4, 0.5) is 8.63 Å². The van der Waals surface area contributed by atoms with Gasteiger partial charge < -0.3 is 22.0 Å². The molecule has 8 heteroatoms. The molecular formula is C30H25BF2N2O3. The number of ketones is 1. The van der Waals surface area contributed by atoms with Crippen LogP contribution in [0.15, 0.2) is 56.9 Å². The third-order valence-electron chi connectivity index (χ3n) is 7.53. The van der Waals surface area contributed by atoms with Crippen LogP contribution in [0, 0.1) is 25.7 Å². The number of aryl methyl sites for hydroxylation is 2. The number of nitrogens with zero attached hydrogens (tertiary/aromatic N) is 2. The number of hydrogen-bond donors (Lipinski definition) is 0. The number of benzene rings is 1. The molecule has 190 valence electrons. The topological polar surface area (TPSA) is 55.2 Å². The molecule has 0 amide bonds. The molecule has 3 aromatic rings. The lowest BCUT2D eigenvalue weighted by Gasteiger charge is -2.33. The lowest BCUT2D eigenvalue weighted by molar-refractivity contribution is -0.363. The van der Waals surface area contributed by atoms with E-state index in [9.17, 15) is 9.59 Å². The minimum atomic E-state index is -4.07. The van der Waals surface area contributed by atoms with Crippen molar-refractivity contribution in [2.75, 3.05) is 0 Å². The maximum atomic E-state index is 15.8. The summed E-state index contributed by atoms with van der Waals surface area (Å²) in [6.45, 7) is 2.94. The smallest absolute Gasteiger partial charge is 0.422 e. The van der Waals surface area contributed by atoms with E-state index in [4.69, 9.17) is 4.42 Å². The van der Waals surface area contributed by atoms with E-state index in [-0.39, 0.29) is 17.8 Å². The molecule has 0 fully saturated rings. The summed E-state index contributed by atoms with van der Waals surface area (Å²) in [6, 6.07) is 7.03. The van der Waals surface area contributed by atoms with Crippen molar-refractivity contribution in [1.29, 1.82) is 0 Å². The van der Waals surface area contributed by atoms with Gasteiger partial charge in [-0.1, -0.05) is 11.8 Å². The van der Waals surface area contributed by atoms with E-state index in [1.165, 1.54) is 0 Å². The lowest BCUT2D eigenvalue weighted by Crippen LogP contribution is -2.51. The van der Waals surface area contributed by atoms with Crippen LogP contribution < -0.4 is 5.63 Å². The average Bonchev–Trinajstić information content (AvgIpc) is 3.31. The van der Waals surface area contributed by atoms with Gasteiger partial charge in [-0.25, -0.2) is 4.79 Å². The number of rotatable bonds is 2. The number of Topliss-reactive ketones (excluding diaryl/α,β-unsaturated/α-hetero) is 1. The van der Waals surface area contributed by atoms with Crippen molar-refractivity contribution in [1.82, 2.24) is 4.48 Å². The van der Waals surface area contributed by atoms with Crippen LogP contribution in [0.3, 0.4) is 0 Å².